The molecule has 1 aromatic heterocycles. The Bertz CT molecular complexity index is 1140. The molecule has 3 N–H and O–H groups in total. The lowest BCUT2D eigenvalue weighted by Crippen LogP contribution is -2.26. The minimum Gasteiger partial charge on any atom is -0.465 e. The van der Waals surface area contributed by atoms with Gasteiger partial charge >= 0.3 is 12.1 Å². The fourth-order valence-electron chi connectivity index (χ4n) is 3.84. The lowest BCUT2D eigenvalue weighted by Gasteiger charge is -2.14. The number of methoxy groups -OCH3 is 1. The molecular weight excluding hydrogens is 406 g/mol. The first-order valence-electron chi connectivity index (χ1n) is 10.2. The van der Waals surface area contributed by atoms with E-state index in [0.717, 1.165) is 0 Å². The van der Waals surface area contributed by atoms with Crippen LogP contribution in [-0.4, -0.2) is 37.3 Å². The SMILES string of the molecule is COC(=O)c1cc(C=CCNC(=O)OCC2c3ccccc3-c3ccccc32)cnc1N. The predicted octanol–water partition coefficient (Wildman–Crippen LogP) is 4.00. The fraction of sp³-hybridized carbons (Fsp3) is 0.160. The maximum Gasteiger partial charge on any atom is 0.407 e. The summed E-state index contributed by atoms with van der Waals surface area (Å²) >= 11 is 0. The van der Waals surface area contributed by atoms with Gasteiger partial charge in [-0.1, -0.05) is 60.7 Å². The summed E-state index contributed by atoms with van der Waals surface area (Å²) in [4.78, 5) is 27.9. The van der Waals surface area contributed by atoms with Crippen molar-refractivity contribution < 1.29 is 19.1 Å². The topological polar surface area (TPSA) is 104 Å². The van der Waals surface area contributed by atoms with Gasteiger partial charge in [0.15, 0.2) is 0 Å². The van der Waals surface area contributed by atoms with E-state index in [1.807, 2.05) is 24.3 Å². The number of alkyl carbamates (subject to hydrolysis) is 1. The van der Waals surface area contributed by atoms with Crippen LogP contribution in [0.15, 0.2) is 66.9 Å². The molecule has 0 atom stereocenters. The Kier molecular flexibility index (Phi) is 6.17. The average Bonchev–Trinajstić information content (AvgIpc) is 3.14. The first-order valence-corrected chi connectivity index (χ1v) is 10.2. The zero-order valence-corrected chi connectivity index (χ0v) is 17.6. The quantitative estimate of drug-likeness (QED) is 0.574. The number of benzene rings is 2. The number of pyridine rings is 1. The van der Waals surface area contributed by atoms with Crippen molar-refractivity contribution in [2.75, 3.05) is 26.0 Å². The third kappa shape index (κ3) is 4.32. The van der Waals surface area contributed by atoms with Gasteiger partial charge in [0.25, 0.3) is 0 Å². The second-order valence-electron chi connectivity index (χ2n) is 7.30. The average molecular weight is 429 g/mol. The highest BCUT2D eigenvalue weighted by molar-refractivity contribution is 5.94. The molecule has 0 saturated carbocycles. The molecular formula is C25H23N3O4. The fourth-order valence-corrected chi connectivity index (χ4v) is 3.84. The number of carbonyl (C=O) groups excluding carboxylic acids is 2. The molecule has 0 unspecified atom stereocenters. The number of amides is 1. The van der Waals surface area contributed by atoms with E-state index in [9.17, 15) is 9.59 Å². The molecule has 162 valence electrons. The lowest BCUT2D eigenvalue weighted by atomic mass is 9.98. The van der Waals surface area contributed by atoms with Gasteiger partial charge in [-0.3, -0.25) is 0 Å². The predicted molar refractivity (Wildman–Crippen MR) is 122 cm³/mol. The van der Waals surface area contributed by atoms with Crippen molar-refractivity contribution in [3.63, 3.8) is 0 Å². The summed E-state index contributed by atoms with van der Waals surface area (Å²) in [5.74, 6) is -0.436. The lowest BCUT2D eigenvalue weighted by molar-refractivity contribution is 0.0601. The molecule has 1 heterocycles. The molecule has 0 spiro atoms. The number of esters is 1. The molecule has 7 nitrogen and oxygen atoms in total. The number of aromatic nitrogens is 1. The van der Waals surface area contributed by atoms with Crippen LogP contribution >= 0.6 is 0 Å². The number of nitrogens with one attached hydrogen (secondary N) is 1. The molecule has 3 aromatic rings. The van der Waals surface area contributed by atoms with Crippen LogP contribution in [0.3, 0.4) is 0 Å². The van der Waals surface area contributed by atoms with Gasteiger partial charge in [-0.05, 0) is 33.9 Å². The number of rotatable bonds is 6. The van der Waals surface area contributed by atoms with Gasteiger partial charge < -0.3 is 20.5 Å². The number of ether oxygens (including phenoxy) is 2. The maximum absolute atomic E-state index is 12.2. The Morgan fingerprint density at radius 2 is 1.75 bits per heavy atom. The van der Waals surface area contributed by atoms with Crippen LogP contribution < -0.4 is 11.1 Å². The molecule has 0 fully saturated rings. The third-order valence-corrected chi connectivity index (χ3v) is 5.36. The second-order valence-corrected chi connectivity index (χ2v) is 7.30. The number of nitrogen functional groups attached to an aromatic ring is 1. The van der Waals surface area contributed by atoms with Gasteiger partial charge in [0.1, 0.15) is 18.0 Å². The van der Waals surface area contributed by atoms with Gasteiger partial charge in [-0.15, -0.1) is 0 Å². The summed E-state index contributed by atoms with van der Waals surface area (Å²) in [6, 6.07) is 18.0. The van der Waals surface area contributed by atoms with Crippen LogP contribution in [0, 0.1) is 0 Å². The van der Waals surface area contributed by atoms with E-state index < -0.39 is 12.1 Å². The van der Waals surface area contributed by atoms with Gasteiger partial charge in [0, 0.05) is 18.7 Å². The summed E-state index contributed by atoms with van der Waals surface area (Å²) in [6.07, 6.45) is 4.49. The molecule has 7 heteroatoms. The summed E-state index contributed by atoms with van der Waals surface area (Å²) in [7, 11) is 1.28. The van der Waals surface area contributed by atoms with E-state index in [-0.39, 0.29) is 30.5 Å². The van der Waals surface area contributed by atoms with Crippen LogP contribution in [-0.2, 0) is 9.47 Å². The number of nitrogens with two attached hydrogens (primary N) is 1. The summed E-state index contributed by atoms with van der Waals surface area (Å²) < 4.78 is 10.2. The van der Waals surface area contributed by atoms with Gasteiger partial charge in [0.2, 0.25) is 0 Å². The standard InChI is InChI=1S/C25H23N3O4/c1-31-24(29)21-13-16(14-28-23(21)26)7-6-12-27-25(30)32-15-22-19-10-4-2-8-17(19)18-9-3-5-11-20(18)22/h2-11,13-14,22H,12,15H2,1H3,(H2,26,28)(H,27,30). The van der Waals surface area contributed by atoms with E-state index in [1.54, 1.807) is 18.2 Å². The van der Waals surface area contributed by atoms with Crippen LogP contribution in [0.5, 0.6) is 0 Å². The van der Waals surface area contributed by atoms with Crippen molar-refractivity contribution in [1.82, 2.24) is 10.3 Å². The molecule has 0 radical (unpaired) electrons. The molecule has 0 saturated heterocycles. The normalized spacial score (nSPS) is 12.3. The molecule has 2 aromatic carbocycles. The van der Waals surface area contributed by atoms with Gasteiger partial charge in [0.05, 0.1) is 7.11 Å². The van der Waals surface area contributed by atoms with Crippen molar-refractivity contribution in [2.45, 2.75) is 5.92 Å². The number of hydrogen-bond acceptors (Lipinski definition) is 6. The van der Waals surface area contributed by atoms with Crippen molar-refractivity contribution in [3.05, 3.63) is 89.1 Å². The molecule has 1 aliphatic carbocycles. The Balaban J connectivity index is 1.32. The van der Waals surface area contributed by atoms with Crippen LogP contribution in [0.1, 0.15) is 33.0 Å². The van der Waals surface area contributed by atoms with E-state index in [0.29, 0.717) is 5.56 Å². The molecule has 0 bridgehead atoms. The maximum atomic E-state index is 12.2. The summed E-state index contributed by atoms with van der Waals surface area (Å²) in [5, 5.41) is 2.70. The van der Waals surface area contributed by atoms with Gasteiger partial charge in [-0.2, -0.15) is 0 Å². The number of fused-ring (bicyclic) bond motifs is 3. The van der Waals surface area contributed by atoms with Crippen LogP contribution in [0.25, 0.3) is 17.2 Å². The van der Waals surface area contributed by atoms with E-state index >= 15 is 0 Å². The molecule has 32 heavy (non-hydrogen) atoms. The minimum absolute atomic E-state index is 0.0151. The second kappa shape index (κ2) is 9.34. The first-order chi connectivity index (χ1) is 15.6. The van der Waals surface area contributed by atoms with E-state index in [2.05, 4.69) is 39.3 Å². The van der Waals surface area contributed by atoms with Crippen molar-refractivity contribution in [2.24, 2.45) is 0 Å². The summed E-state index contributed by atoms with van der Waals surface area (Å²) in [6.45, 7) is 0.516. The number of hydrogen-bond donors (Lipinski definition) is 2. The highest BCUT2D eigenvalue weighted by Crippen LogP contribution is 2.44. The monoisotopic (exact) mass is 429 g/mol. The molecule has 1 amide bonds. The number of nitrogens with zero attached hydrogens (tertiary/aromatic N) is 1. The summed E-state index contributed by atoms with van der Waals surface area (Å²) in [5.41, 5.74) is 11.2. The first kappa shape index (κ1) is 21.1. The third-order valence-electron chi connectivity index (χ3n) is 5.36. The van der Waals surface area contributed by atoms with Crippen LogP contribution in [0.4, 0.5) is 10.6 Å². The Labute approximate surface area is 185 Å². The van der Waals surface area contributed by atoms with Crippen molar-refractivity contribution in [3.8, 4) is 11.1 Å². The Morgan fingerprint density at radius 3 is 2.41 bits per heavy atom. The largest absolute Gasteiger partial charge is 0.465 e. The van der Waals surface area contributed by atoms with E-state index in [1.165, 1.54) is 35.6 Å². The molecule has 4 rings (SSSR count). The minimum atomic E-state index is -0.554. The van der Waals surface area contributed by atoms with Crippen LogP contribution in [0.2, 0.25) is 0 Å². The number of anilines is 1. The smallest absolute Gasteiger partial charge is 0.407 e. The Hall–Kier alpha value is -4.13. The van der Waals surface area contributed by atoms with Crippen molar-refractivity contribution >= 4 is 24.0 Å². The molecule has 0 aliphatic heterocycles. The van der Waals surface area contributed by atoms with E-state index in [4.69, 9.17) is 10.5 Å². The highest BCUT2D eigenvalue weighted by Gasteiger charge is 2.28. The number of carbonyl (C=O) groups is 2. The zero-order chi connectivity index (χ0) is 22.5. The van der Waals surface area contributed by atoms with Gasteiger partial charge in [-0.25, -0.2) is 14.6 Å². The Morgan fingerprint density at radius 1 is 1.09 bits per heavy atom. The highest BCUT2D eigenvalue weighted by atomic mass is 16.5. The van der Waals surface area contributed by atoms with Crippen molar-refractivity contribution in [1.29, 1.82) is 0 Å². The molecule has 1 aliphatic rings. The zero-order valence-electron chi connectivity index (χ0n) is 17.6.